The molecule has 0 atom stereocenters. The fourth-order valence-electron chi connectivity index (χ4n) is 1.06. The van der Waals surface area contributed by atoms with Gasteiger partial charge in [0.05, 0.1) is 17.0 Å². The van der Waals surface area contributed by atoms with Gasteiger partial charge < -0.3 is 0 Å². The molecule has 58 valence electrons. The zero-order valence-corrected chi connectivity index (χ0v) is 6.88. The summed E-state index contributed by atoms with van der Waals surface area (Å²) in [5, 5.41) is 0. The average Bonchev–Trinajstić information content (AvgIpc) is 1.85. The van der Waals surface area contributed by atoms with Gasteiger partial charge in [-0.1, -0.05) is 0 Å². The molecule has 3 nitrogen and oxygen atoms in total. The van der Waals surface area contributed by atoms with Crippen molar-refractivity contribution in [2.75, 3.05) is 0 Å². The summed E-state index contributed by atoms with van der Waals surface area (Å²) in [5.41, 5.74) is 2.12. The number of carbonyl (C=O) groups is 1. The predicted molar refractivity (Wildman–Crippen MR) is 41.6 cm³/mol. The molecular formula is C8H10N2O. The molecule has 3 heteroatoms. The van der Waals surface area contributed by atoms with Crippen LogP contribution in [0.25, 0.3) is 0 Å². The maximum absolute atomic E-state index is 10.5. The third-order valence-electron chi connectivity index (χ3n) is 1.56. The zero-order chi connectivity index (χ0) is 8.43. The Morgan fingerprint density at radius 2 is 1.55 bits per heavy atom. The maximum Gasteiger partial charge on any atom is 0.153 e. The Labute approximate surface area is 65.5 Å². The summed E-state index contributed by atoms with van der Waals surface area (Å²) in [5.74, 6) is 0.714. The summed E-state index contributed by atoms with van der Waals surface area (Å²) in [4.78, 5) is 18.6. The number of rotatable bonds is 1. The molecule has 0 aliphatic rings. The highest BCUT2D eigenvalue weighted by Crippen LogP contribution is 2.05. The third kappa shape index (κ3) is 1.42. The molecule has 0 N–H and O–H groups in total. The van der Waals surface area contributed by atoms with Crippen molar-refractivity contribution in [2.45, 2.75) is 20.8 Å². The Morgan fingerprint density at radius 3 is 1.91 bits per heavy atom. The predicted octanol–water partition coefficient (Wildman–Crippen LogP) is 1.21. The molecule has 0 aromatic carbocycles. The highest BCUT2D eigenvalue weighted by molar-refractivity contribution is 5.77. The van der Waals surface area contributed by atoms with E-state index in [-0.39, 0.29) is 0 Å². The van der Waals surface area contributed by atoms with Gasteiger partial charge in [0.2, 0.25) is 0 Å². The van der Waals surface area contributed by atoms with Gasteiger partial charge in [-0.3, -0.25) is 4.79 Å². The number of nitrogens with zero attached hydrogens (tertiary/aromatic N) is 2. The average molecular weight is 150 g/mol. The second kappa shape index (κ2) is 2.78. The van der Waals surface area contributed by atoms with Crippen LogP contribution in [-0.4, -0.2) is 16.3 Å². The largest absolute Gasteiger partial charge is 0.298 e. The van der Waals surface area contributed by atoms with Gasteiger partial charge in [0.1, 0.15) is 5.82 Å². The molecule has 0 saturated carbocycles. The van der Waals surface area contributed by atoms with Crippen LogP contribution in [0.2, 0.25) is 0 Å². The smallest absolute Gasteiger partial charge is 0.153 e. The fourth-order valence-corrected chi connectivity index (χ4v) is 1.06. The molecule has 0 bridgehead atoms. The van der Waals surface area contributed by atoms with Crippen LogP contribution in [0.4, 0.5) is 0 Å². The Bertz CT molecular complexity index is 271. The summed E-state index contributed by atoms with van der Waals surface area (Å²) in [6.07, 6.45) is 0.796. The summed E-state index contributed by atoms with van der Waals surface area (Å²) in [6, 6.07) is 0. The van der Waals surface area contributed by atoms with E-state index < -0.39 is 0 Å². The Morgan fingerprint density at radius 1 is 1.09 bits per heavy atom. The van der Waals surface area contributed by atoms with Crippen molar-refractivity contribution in [2.24, 2.45) is 0 Å². The van der Waals surface area contributed by atoms with Crippen molar-refractivity contribution < 1.29 is 4.79 Å². The van der Waals surface area contributed by atoms with Crippen molar-refractivity contribution in [1.29, 1.82) is 0 Å². The van der Waals surface area contributed by atoms with Gasteiger partial charge in [-0.05, 0) is 20.8 Å². The SMILES string of the molecule is Cc1nc(C)c(C=O)c(C)n1. The Balaban J connectivity index is 3.36. The molecule has 0 fully saturated rings. The van der Waals surface area contributed by atoms with Crippen LogP contribution in [0.15, 0.2) is 0 Å². The first-order valence-corrected chi connectivity index (χ1v) is 3.42. The fraction of sp³-hybridized carbons (Fsp3) is 0.375. The number of hydrogen-bond acceptors (Lipinski definition) is 3. The molecular weight excluding hydrogens is 140 g/mol. The zero-order valence-electron chi connectivity index (χ0n) is 6.88. The lowest BCUT2D eigenvalue weighted by Gasteiger charge is -2.01. The molecule has 1 aromatic heterocycles. The number of carbonyl (C=O) groups excluding carboxylic acids is 1. The van der Waals surface area contributed by atoms with Crippen LogP contribution in [0.5, 0.6) is 0 Å². The summed E-state index contributed by atoms with van der Waals surface area (Å²) < 4.78 is 0. The van der Waals surface area contributed by atoms with Gasteiger partial charge in [-0.2, -0.15) is 0 Å². The minimum Gasteiger partial charge on any atom is -0.298 e. The maximum atomic E-state index is 10.5. The lowest BCUT2D eigenvalue weighted by atomic mass is 10.2. The molecule has 0 spiro atoms. The molecule has 0 aliphatic heterocycles. The van der Waals surface area contributed by atoms with E-state index in [9.17, 15) is 4.79 Å². The number of hydrogen-bond donors (Lipinski definition) is 0. The Kier molecular flexibility index (Phi) is 1.98. The summed E-state index contributed by atoms with van der Waals surface area (Å²) in [7, 11) is 0. The standard InChI is InChI=1S/C8H10N2O/c1-5-8(4-11)6(2)10-7(3)9-5/h4H,1-3H3. The number of aromatic nitrogens is 2. The third-order valence-corrected chi connectivity index (χ3v) is 1.56. The second-order valence-corrected chi connectivity index (χ2v) is 2.47. The van der Waals surface area contributed by atoms with E-state index in [1.165, 1.54) is 0 Å². The van der Waals surface area contributed by atoms with Gasteiger partial charge in [0, 0.05) is 0 Å². The lowest BCUT2D eigenvalue weighted by Crippen LogP contribution is -2.00. The quantitative estimate of drug-likeness (QED) is 0.565. The first-order valence-electron chi connectivity index (χ1n) is 3.42. The van der Waals surface area contributed by atoms with Crippen molar-refractivity contribution in [3.05, 3.63) is 22.8 Å². The van der Waals surface area contributed by atoms with Crippen molar-refractivity contribution >= 4 is 6.29 Å². The highest BCUT2D eigenvalue weighted by Gasteiger charge is 2.03. The topological polar surface area (TPSA) is 42.9 Å². The molecule has 0 saturated heterocycles. The van der Waals surface area contributed by atoms with Gasteiger partial charge in [-0.25, -0.2) is 9.97 Å². The minimum atomic E-state index is 0.607. The van der Waals surface area contributed by atoms with Crippen LogP contribution in [0, 0.1) is 20.8 Å². The number of aryl methyl sites for hydroxylation is 3. The van der Waals surface area contributed by atoms with Crippen LogP contribution in [-0.2, 0) is 0 Å². The number of aldehydes is 1. The monoisotopic (exact) mass is 150 g/mol. The van der Waals surface area contributed by atoms with Gasteiger partial charge in [-0.15, -0.1) is 0 Å². The first kappa shape index (κ1) is 7.85. The molecule has 1 aromatic rings. The van der Waals surface area contributed by atoms with E-state index in [4.69, 9.17) is 0 Å². The van der Waals surface area contributed by atoms with E-state index in [1.807, 2.05) is 20.8 Å². The van der Waals surface area contributed by atoms with Crippen LogP contribution in [0.1, 0.15) is 27.6 Å². The minimum absolute atomic E-state index is 0.607. The highest BCUT2D eigenvalue weighted by atomic mass is 16.1. The van der Waals surface area contributed by atoms with E-state index in [2.05, 4.69) is 9.97 Å². The van der Waals surface area contributed by atoms with Crippen molar-refractivity contribution in [1.82, 2.24) is 9.97 Å². The van der Waals surface area contributed by atoms with Crippen molar-refractivity contribution in [3.63, 3.8) is 0 Å². The van der Waals surface area contributed by atoms with Gasteiger partial charge in [0.25, 0.3) is 0 Å². The summed E-state index contributed by atoms with van der Waals surface area (Å²) >= 11 is 0. The van der Waals surface area contributed by atoms with Crippen LogP contribution >= 0.6 is 0 Å². The molecule has 0 radical (unpaired) electrons. The first-order chi connectivity index (χ1) is 5.15. The van der Waals surface area contributed by atoms with Gasteiger partial charge >= 0.3 is 0 Å². The van der Waals surface area contributed by atoms with E-state index >= 15 is 0 Å². The van der Waals surface area contributed by atoms with Crippen molar-refractivity contribution in [3.8, 4) is 0 Å². The van der Waals surface area contributed by atoms with Crippen LogP contribution < -0.4 is 0 Å². The summed E-state index contributed by atoms with van der Waals surface area (Å²) in [6.45, 7) is 5.44. The second-order valence-electron chi connectivity index (χ2n) is 2.47. The van der Waals surface area contributed by atoms with E-state index in [1.54, 1.807) is 0 Å². The molecule has 1 heterocycles. The molecule has 1 rings (SSSR count). The van der Waals surface area contributed by atoms with Gasteiger partial charge in [0.15, 0.2) is 6.29 Å². The molecule has 0 unspecified atom stereocenters. The normalized spacial score (nSPS) is 9.73. The lowest BCUT2D eigenvalue weighted by molar-refractivity contribution is 0.112. The molecule has 11 heavy (non-hydrogen) atoms. The van der Waals surface area contributed by atoms with Crippen LogP contribution in [0.3, 0.4) is 0 Å². The van der Waals surface area contributed by atoms with E-state index in [0.717, 1.165) is 17.7 Å². The molecule has 0 aliphatic carbocycles. The van der Waals surface area contributed by atoms with E-state index in [0.29, 0.717) is 11.4 Å². The molecule has 0 amide bonds. The Hall–Kier alpha value is -1.25.